The van der Waals surface area contributed by atoms with Gasteiger partial charge in [-0.1, -0.05) is 11.9 Å². The summed E-state index contributed by atoms with van der Waals surface area (Å²) in [7, 11) is 0. The molecular formula is C6H12FN3S. The van der Waals surface area contributed by atoms with Crippen molar-refractivity contribution in [2.24, 2.45) is 4.99 Å². The zero-order valence-electron chi connectivity index (χ0n) is 6.51. The molecule has 11 heavy (non-hydrogen) atoms. The fourth-order valence-corrected chi connectivity index (χ4v) is 1.47. The van der Waals surface area contributed by atoms with Crippen LogP contribution in [0.25, 0.3) is 0 Å². The Morgan fingerprint density at radius 3 is 3.27 bits per heavy atom. The summed E-state index contributed by atoms with van der Waals surface area (Å²) in [5, 5.41) is 2.91. The molecule has 0 amide bonds. The fourth-order valence-electron chi connectivity index (χ4n) is 0.912. The van der Waals surface area contributed by atoms with Crippen molar-refractivity contribution < 1.29 is 4.39 Å². The second-order valence-electron chi connectivity index (χ2n) is 2.11. The highest BCUT2D eigenvalue weighted by atomic mass is 32.2. The first-order valence-corrected chi connectivity index (χ1v) is 4.72. The molecule has 1 rings (SSSR count). The molecule has 5 heteroatoms. The second-order valence-corrected chi connectivity index (χ2v) is 2.91. The third-order valence-corrected chi connectivity index (χ3v) is 2.20. The summed E-state index contributed by atoms with van der Waals surface area (Å²) in [5.74, 6) is 0.815. The lowest BCUT2D eigenvalue weighted by Crippen LogP contribution is -2.34. The van der Waals surface area contributed by atoms with Crippen LogP contribution in [0.15, 0.2) is 4.99 Å². The maximum absolute atomic E-state index is 11.7. The molecule has 1 heterocycles. The summed E-state index contributed by atoms with van der Waals surface area (Å²) in [4.78, 5) is 4.17. The molecule has 0 unspecified atom stereocenters. The Morgan fingerprint density at radius 2 is 2.64 bits per heavy atom. The van der Waals surface area contributed by atoms with E-state index in [9.17, 15) is 4.39 Å². The van der Waals surface area contributed by atoms with Crippen LogP contribution < -0.4 is 5.32 Å². The van der Waals surface area contributed by atoms with E-state index >= 15 is 0 Å². The van der Waals surface area contributed by atoms with Gasteiger partial charge in [0.05, 0.1) is 13.1 Å². The number of aliphatic imine (C=N–C) groups is 1. The first-order chi connectivity index (χ1) is 5.38. The molecule has 0 fully saturated rings. The summed E-state index contributed by atoms with van der Waals surface area (Å²) < 4.78 is 13.8. The smallest absolute Gasteiger partial charge is 0.204 e. The Balaban J connectivity index is 2.30. The van der Waals surface area contributed by atoms with Crippen molar-refractivity contribution >= 4 is 17.9 Å². The number of alkyl halides is 1. The van der Waals surface area contributed by atoms with Gasteiger partial charge in [0.1, 0.15) is 6.67 Å². The second kappa shape index (κ2) is 4.43. The van der Waals surface area contributed by atoms with E-state index in [1.807, 2.05) is 10.6 Å². The van der Waals surface area contributed by atoms with E-state index in [4.69, 9.17) is 0 Å². The van der Waals surface area contributed by atoms with Crippen molar-refractivity contribution in [2.45, 2.75) is 0 Å². The molecule has 0 saturated carbocycles. The molecular weight excluding hydrogens is 165 g/mol. The van der Waals surface area contributed by atoms with Gasteiger partial charge >= 0.3 is 0 Å². The molecule has 1 aliphatic rings. The Kier molecular flexibility index (Phi) is 3.48. The summed E-state index contributed by atoms with van der Waals surface area (Å²) in [6, 6.07) is 0. The molecule has 1 N–H and O–H groups in total. The maximum atomic E-state index is 11.7. The van der Waals surface area contributed by atoms with Crippen LogP contribution in [0.4, 0.5) is 4.39 Å². The number of nitrogens with zero attached hydrogens (tertiary/aromatic N) is 2. The fraction of sp³-hybridized carbons (Fsp3) is 0.833. The van der Waals surface area contributed by atoms with E-state index < -0.39 is 0 Å². The highest BCUT2D eigenvalue weighted by molar-refractivity contribution is 7.96. The van der Waals surface area contributed by atoms with Crippen LogP contribution in [-0.2, 0) is 0 Å². The third kappa shape index (κ3) is 2.25. The van der Waals surface area contributed by atoms with Gasteiger partial charge in [-0.05, 0) is 0 Å². The Morgan fingerprint density at radius 1 is 1.82 bits per heavy atom. The van der Waals surface area contributed by atoms with E-state index in [-0.39, 0.29) is 6.67 Å². The molecule has 1 aliphatic heterocycles. The SMILES string of the molecule is CSN1CCN=C1NCCF. The topological polar surface area (TPSA) is 27.6 Å². The highest BCUT2D eigenvalue weighted by Gasteiger charge is 2.14. The van der Waals surface area contributed by atoms with Crippen molar-refractivity contribution in [1.82, 2.24) is 9.62 Å². The lowest BCUT2D eigenvalue weighted by Gasteiger charge is -2.16. The van der Waals surface area contributed by atoms with E-state index in [2.05, 4.69) is 10.3 Å². The van der Waals surface area contributed by atoms with Gasteiger partial charge in [-0.2, -0.15) is 0 Å². The van der Waals surface area contributed by atoms with Gasteiger partial charge in [0, 0.05) is 12.8 Å². The lowest BCUT2D eigenvalue weighted by molar-refractivity contribution is 0.487. The van der Waals surface area contributed by atoms with Gasteiger partial charge < -0.3 is 5.32 Å². The minimum atomic E-state index is -0.346. The number of rotatable bonds is 3. The first kappa shape index (κ1) is 8.64. The minimum Gasteiger partial charge on any atom is -0.353 e. The summed E-state index contributed by atoms with van der Waals surface area (Å²) in [6.07, 6.45) is 1.98. The Labute approximate surface area is 70.2 Å². The molecule has 0 spiro atoms. The van der Waals surface area contributed by atoms with E-state index in [0.29, 0.717) is 6.54 Å². The summed E-state index contributed by atoms with van der Waals surface area (Å²) in [5.41, 5.74) is 0. The minimum absolute atomic E-state index is 0.346. The van der Waals surface area contributed by atoms with E-state index in [1.165, 1.54) is 0 Å². The predicted molar refractivity (Wildman–Crippen MR) is 46.5 cm³/mol. The first-order valence-electron chi connectivity index (χ1n) is 3.54. The van der Waals surface area contributed by atoms with Crippen molar-refractivity contribution in [1.29, 1.82) is 0 Å². The van der Waals surface area contributed by atoms with Crippen molar-refractivity contribution in [3.63, 3.8) is 0 Å². The number of hydrogen-bond donors (Lipinski definition) is 1. The molecule has 0 atom stereocenters. The van der Waals surface area contributed by atoms with Crippen LogP contribution in [0.2, 0.25) is 0 Å². The van der Waals surface area contributed by atoms with Crippen LogP contribution >= 0.6 is 11.9 Å². The molecule has 0 bridgehead atoms. The standard InChI is InChI=1S/C6H12FN3S/c1-11-10-5-4-9-6(10)8-3-2-7/h2-5H2,1H3,(H,8,9). The van der Waals surface area contributed by atoms with Crippen LogP contribution in [0.1, 0.15) is 0 Å². The number of hydrogen-bond acceptors (Lipinski definition) is 4. The summed E-state index contributed by atoms with van der Waals surface area (Å²) >= 11 is 1.61. The van der Waals surface area contributed by atoms with E-state index in [1.54, 1.807) is 11.9 Å². The Bertz CT molecular complexity index is 151. The third-order valence-electron chi connectivity index (χ3n) is 1.40. The lowest BCUT2D eigenvalue weighted by atomic mass is 10.7. The predicted octanol–water partition coefficient (Wildman–Crippen LogP) is 0.495. The number of guanidine groups is 1. The van der Waals surface area contributed by atoms with Crippen LogP contribution in [-0.4, -0.2) is 42.8 Å². The highest BCUT2D eigenvalue weighted by Crippen LogP contribution is 2.09. The average Bonchev–Trinajstić information content (AvgIpc) is 2.47. The molecule has 3 nitrogen and oxygen atoms in total. The average molecular weight is 177 g/mol. The molecule has 64 valence electrons. The van der Waals surface area contributed by atoms with Crippen molar-refractivity contribution in [2.75, 3.05) is 32.6 Å². The largest absolute Gasteiger partial charge is 0.353 e. The quantitative estimate of drug-likeness (QED) is 0.636. The molecule has 0 aliphatic carbocycles. The van der Waals surface area contributed by atoms with Gasteiger partial charge in [-0.15, -0.1) is 0 Å². The van der Waals surface area contributed by atoms with Gasteiger partial charge in [0.25, 0.3) is 0 Å². The number of nitrogens with one attached hydrogen (secondary N) is 1. The van der Waals surface area contributed by atoms with Gasteiger partial charge in [0.15, 0.2) is 0 Å². The van der Waals surface area contributed by atoms with Gasteiger partial charge in [0.2, 0.25) is 5.96 Å². The van der Waals surface area contributed by atoms with Crippen molar-refractivity contribution in [3.05, 3.63) is 0 Å². The van der Waals surface area contributed by atoms with Gasteiger partial charge in [-0.3, -0.25) is 9.30 Å². The Hall–Kier alpha value is -0.450. The molecule has 0 aromatic rings. The van der Waals surface area contributed by atoms with Crippen LogP contribution in [0, 0.1) is 0 Å². The van der Waals surface area contributed by atoms with E-state index in [0.717, 1.165) is 19.0 Å². The van der Waals surface area contributed by atoms with Gasteiger partial charge in [-0.25, -0.2) is 4.39 Å². The molecule has 0 aromatic carbocycles. The molecule has 0 radical (unpaired) electrons. The van der Waals surface area contributed by atoms with Crippen LogP contribution in [0.5, 0.6) is 0 Å². The zero-order chi connectivity index (χ0) is 8.10. The monoisotopic (exact) mass is 177 g/mol. The summed E-state index contributed by atoms with van der Waals surface area (Å²) in [6.45, 7) is 1.75. The van der Waals surface area contributed by atoms with Crippen molar-refractivity contribution in [3.8, 4) is 0 Å². The number of halogens is 1. The normalized spacial score (nSPS) is 16.9. The van der Waals surface area contributed by atoms with Crippen LogP contribution in [0.3, 0.4) is 0 Å². The zero-order valence-corrected chi connectivity index (χ0v) is 7.33. The maximum Gasteiger partial charge on any atom is 0.204 e. The molecule has 0 saturated heterocycles. The molecule has 0 aromatic heterocycles.